The van der Waals surface area contributed by atoms with Gasteiger partial charge in [0, 0.05) is 36.6 Å². The number of ether oxygens (including phenoxy) is 1. The Hall–Kier alpha value is -5.76. The summed E-state index contributed by atoms with van der Waals surface area (Å²) in [6.07, 6.45) is 3.77. The molecule has 6 aromatic rings. The molecule has 0 aliphatic rings. The number of carboxylic acid groups (broad SMARTS) is 1. The van der Waals surface area contributed by atoms with Crippen molar-refractivity contribution in [2.24, 2.45) is 0 Å². The summed E-state index contributed by atoms with van der Waals surface area (Å²) in [5.41, 5.74) is 7.55. The van der Waals surface area contributed by atoms with Crippen molar-refractivity contribution in [1.29, 1.82) is 0 Å². The molecule has 0 aliphatic carbocycles. The highest BCUT2D eigenvalue weighted by Gasteiger charge is 2.23. The van der Waals surface area contributed by atoms with E-state index in [4.69, 9.17) is 4.74 Å². The second-order valence-corrected chi connectivity index (χ2v) is 11.3. The normalized spacial score (nSPS) is 10.7. The number of carbonyl (C=O) groups excluding carboxylic acids is 1. The quantitative estimate of drug-likeness (QED) is 0.159. The van der Waals surface area contributed by atoms with Gasteiger partial charge >= 0.3 is 11.9 Å². The zero-order valence-corrected chi connectivity index (χ0v) is 27.0. The van der Waals surface area contributed by atoms with Crippen molar-refractivity contribution in [2.45, 2.75) is 33.9 Å². The zero-order chi connectivity index (χ0) is 34.2. The number of halogens is 2. The topological polar surface area (TPSA) is 73.5 Å². The van der Waals surface area contributed by atoms with Crippen molar-refractivity contribution in [3.05, 3.63) is 167 Å². The van der Waals surface area contributed by atoms with E-state index >= 15 is 0 Å². The van der Waals surface area contributed by atoms with Gasteiger partial charge in [-0.05, 0) is 78.4 Å². The molecule has 0 unspecified atom stereocenters. The minimum Gasteiger partial charge on any atom is -0.477 e. The van der Waals surface area contributed by atoms with Crippen LogP contribution in [0.1, 0.15) is 50.2 Å². The number of aromatic nitrogens is 2. The predicted octanol–water partition coefficient (Wildman–Crippen LogP) is 9.18. The van der Waals surface area contributed by atoms with E-state index in [0.717, 1.165) is 33.4 Å². The zero-order valence-electron chi connectivity index (χ0n) is 27.0. The van der Waals surface area contributed by atoms with Crippen molar-refractivity contribution in [3.63, 3.8) is 0 Å². The minimum absolute atomic E-state index is 0.220. The summed E-state index contributed by atoms with van der Waals surface area (Å²) in [6.45, 7) is 6.95. The van der Waals surface area contributed by atoms with Gasteiger partial charge in [0.15, 0.2) is 0 Å². The van der Waals surface area contributed by atoms with Crippen LogP contribution in [0.4, 0.5) is 8.78 Å². The number of benzene rings is 4. The van der Waals surface area contributed by atoms with Crippen LogP contribution >= 0.6 is 0 Å². The molecule has 6 nitrogen and oxygen atoms in total. The SMILES string of the molecule is CCOC(=O)c1c(-c2ccc(F)cc2)c(C)cn1Cc1ccccc1.Cc1cn(Cc2ccccc2)c(C(=O)O)c1-c1ccc(F)cc1. The number of esters is 1. The molecule has 244 valence electrons. The molecule has 6 rings (SSSR count). The van der Waals surface area contributed by atoms with Gasteiger partial charge < -0.3 is 19.0 Å². The Morgan fingerprint density at radius 1 is 0.625 bits per heavy atom. The average Bonchev–Trinajstić information content (AvgIpc) is 3.58. The van der Waals surface area contributed by atoms with E-state index in [2.05, 4.69) is 0 Å². The molecule has 0 radical (unpaired) electrons. The number of nitrogens with zero attached hydrogens (tertiary/aromatic N) is 2. The molecule has 2 heterocycles. The highest BCUT2D eigenvalue weighted by Crippen LogP contribution is 2.32. The lowest BCUT2D eigenvalue weighted by molar-refractivity contribution is 0.0514. The van der Waals surface area contributed by atoms with E-state index in [0.29, 0.717) is 36.5 Å². The van der Waals surface area contributed by atoms with Crippen molar-refractivity contribution in [3.8, 4) is 22.3 Å². The number of hydrogen-bond acceptors (Lipinski definition) is 3. The molecule has 0 spiro atoms. The first-order chi connectivity index (χ1) is 23.2. The third kappa shape index (κ3) is 7.78. The Morgan fingerprint density at radius 2 is 1.02 bits per heavy atom. The largest absolute Gasteiger partial charge is 0.477 e. The molecular formula is C40H36F2N2O4. The van der Waals surface area contributed by atoms with Crippen molar-refractivity contribution in [1.82, 2.24) is 9.13 Å². The monoisotopic (exact) mass is 646 g/mol. The maximum atomic E-state index is 13.3. The summed E-state index contributed by atoms with van der Waals surface area (Å²) < 4.78 is 35.3. The number of carbonyl (C=O) groups is 2. The van der Waals surface area contributed by atoms with Crippen LogP contribution in [0, 0.1) is 25.5 Å². The van der Waals surface area contributed by atoms with Gasteiger partial charge in [0.25, 0.3) is 0 Å². The molecule has 0 saturated carbocycles. The maximum Gasteiger partial charge on any atom is 0.355 e. The second-order valence-electron chi connectivity index (χ2n) is 11.3. The van der Waals surface area contributed by atoms with Gasteiger partial charge in [0.05, 0.1) is 6.61 Å². The van der Waals surface area contributed by atoms with Crippen molar-refractivity contribution >= 4 is 11.9 Å². The van der Waals surface area contributed by atoms with Gasteiger partial charge in [-0.25, -0.2) is 18.4 Å². The maximum absolute atomic E-state index is 13.3. The number of rotatable bonds is 9. The Bertz CT molecular complexity index is 2000. The molecule has 48 heavy (non-hydrogen) atoms. The summed E-state index contributed by atoms with van der Waals surface area (Å²) >= 11 is 0. The van der Waals surface area contributed by atoms with Gasteiger partial charge in [-0.3, -0.25) is 0 Å². The lowest BCUT2D eigenvalue weighted by Crippen LogP contribution is -2.13. The number of aromatic carboxylic acids is 1. The van der Waals surface area contributed by atoms with Crippen molar-refractivity contribution in [2.75, 3.05) is 6.61 Å². The first kappa shape index (κ1) is 33.6. The molecule has 2 aromatic heterocycles. The minimum atomic E-state index is -0.992. The fourth-order valence-electron chi connectivity index (χ4n) is 5.81. The van der Waals surface area contributed by atoms with Crippen molar-refractivity contribution < 1.29 is 28.2 Å². The van der Waals surface area contributed by atoms with Crippen LogP contribution in [0.15, 0.2) is 122 Å². The molecular weight excluding hydrogens is 610 g/mol. The molecule has 8 heteroatoms. The Kier molecular flexibility index (Phi) is 10.7. The third-order valence-corrected chi connectivity index (χ3v) is 7.86. The standard InChI is InChI=1S/C21H20FNO2.C19H16FNO2/c1-3-25-21(24)20-19(17-9-11-18(22)12-10-17)15(2)13-23(20)14-16-7-5-4-6-8-16;1-13-11-21(12-14-5-3-2-4-6-14)18(19(22)23)17(13)15-7-9-16(20)10-8-15/h4-13H,3,14H2,1-2H3;2-11H,12H2,1H3,(H,22,23). The molecule has 4 aromatic carbocycles. The fourth-order valence-corrected chi connectivity index (χ4v) is 5.81. The van der Waals surface area contributed by atoms with E-state index in [1.165, 1.54) is 24.3 Å². The van der Waals surface area contributed by atoms with Crippen LogP contribution in [0.5, 0.6) is 0 Å². The fraction of sp³-hybridized carbons (Fsp3) is 0.150. The summed E-state index contributed by atoms with van der Waals surface area (Å²) in [5.74, 6) is -2.01. The Morgan fingerprint density at radius 3 is 1.42 bits per heavy atom. The lowest BCUT2D eigenvalue weighted by Gasteiger charge is -2.11. The molecule has 1 N–H and O–H groups in total. The molecule has 0 amide bonds. The Labute approximate surface area is 278 Å². The first-order valence-corrected chi connectivity index (χ1v) is 15.6. The van der Waals surface area contributed by atoms with Crippen LogP contribution in [0.25, 0.3) is 22.3 Å². The smallest absolute Gasteiger partial charge is 0.355 e. The van der Waals surface area contributed by atoms with Gasteiger partial charge in [-0.2, -0.15) is 0 Å². The average molecular weight is 647 g/mol. The van der Waals surface area contributed by atoms with E-state index in [1.807, 2.05) is 91.5 Å². The van der Waals surface area contributed by atoms with Crippen LogP contribution < -0.4 is 0 Å². The van der Waals surface area contributed by atoms with Crippen LogP contribution in [0.3, 0.4) is 0 Å². The first-order valence-electron chi connectivity index (χ1n) is 15.6. The van der Waals surface area contributed by atoms with Gasteiger partial charge in [-0.1, -0.05) is 84.9 Å². The highest BCUT2D eigenvalue weighted by atomic mass is 19.1. The van der Waals surface area contributed by atoms with E-state index < -0.39 is 5.97 Å². The van der Waals surface area contributed by atoms with E-state index in [1.54, 1.807) is 35.8 Å². The summed E-state index contributed by atoms with van der Waals surface area (Å²) in [6, 6.07) is 31.7. The molecule has 0 fully saturated rings. The molecule has 0 atom stereocenters. The van der Waals surface area contributed by atoms with Crippen LogP contribution in [-0.4, -0.2) is 32.8 Å². The van der Waals surface area contributed by atoms with Gasteiger partial charge in [0.1, 0.15) is 23.0 Å². The van der Waals surface area contributed by atoms with Crippen LogP contribution in [0.2, 0.25) is 0 Å². The summed E-state index contributed by atoms with van der Waals surface area (Å²) in [5, 5.41) is 9.66. The summed E-state index contributed by atoms with van der Waals surface area (Å²) in [7, 11) is 0. The predicted molar refractivity (Wildman–Crippen MR) is 183 cm³/mol. The molecule has 0 aliphatic heterocycles. The summed E-state index contributed by atoms with van der Waals surface area (Å²) in [4.78, 5) is 24.4. The van der Waals surface area contributed by atoms with E-state index in [9.17, 15) is 23.5 Å². The Balaban J connectivity index is 0.000000188. The van der Waals surface area contributed by atoms with Crippen LogP contribution in [-0.2, 0) is 17.8 Å². The number of carboxylic acids is 1. The van der Waals surface area contributed by atoms with Gasteiger partial charge in [-0.15, -0.1) is 0 Å². The third-order valence-electron chi connectivity index (χ3n) is 7.86. The molecule has 0 saturated heterocycles. The second kappa shape index (κ2) is 15.2. The number of hydrogen-bond donors (Lipinski definition) is 1. The highest BCUT2D eigenvalue weighted by molar-refractivity contribution is 5.97. The number of aryl methyl sites for hydroxylation is 2. The molecule has 0 bridgehead atoms. The van der Waals surface area contributed by atoms with Gasteiger partial charge in [0.2, 0.25) is 0 Å². The lowest BCUT2D eigenvalue weighted by atomic mass is 10.0. The van der Waals surface area contributed by atoms with E-state index in [-0.39, 0.29) is 23.3 Å².